The van der Waals surface area contributed by atoms with Crippen LogP contribution in [-0.2, 0) is 0 Å². The first-order valence-corrected chi connectivity index (χ1v) is 3.60. The number of halogens is 1. The molecule has 0 spiro atoms. The molecule has 0 radical (unpaired) electrons. The second-order valence-corrected chi connectivity index (χ2v) is 3.80. The highest BCUT2D eigenvalue weighted by Gasteiger charge is 2.24. The van der Waals surface area contributed by atoms with Gasteiger partial charge in [0.2, 0.25) is 0 Å². The fraction of sp³-hybridized carbons (Fsp3) is 1.00. The molecule has 4 heteroatoms. The van der Waals surface area contributed by atoms with Crippen LogP contribution in [0.5, 0.6) is 0 Å². The van der Waals surface area contributed by atoms with E-state index in [4.69, 9.17) is 11.6 Å². The van der Waals surface area contributed by atoms with Crippen LogP contribution in [0.25, 0.3) is 0 Å². The fourth-order valence-corrected chi connectivity index (χ4v) is 1.05. The number of nitrogens with zero attached hydrogens (tertiary/aromatic N) is 2. The molecule has 0 fully saturated rings. The monoisotopic (exact) mass is 164 g/mol. The Labute approximate surface area is 66.3 Å². The molecule has 0 aliphatic carbocycles. The molecule has 0 aromatic rings. The van der Waals surface area contributed by atoms with E-state index in [1.165, 1.54) is 5.01 Å². The van der Waals surface area contributed by atoms with Gasteiger partial charge in [0, 0.05) is 0 Å². The van der Waals surface area contributed by atoms with Gasteiger partial charge in [0.1, 0.15) is 5.50 Å². The third-order valence-corrected chi connectivity index (χ3v) is 1.30. The van der Waals surface area contributed by atoms with E-state index in [-0.39, 0.29) is 11.0 Å². The topological polar surface area (TPSA) is 32.7 Å². The van der Waals surface area contributed by atoms with Crippen LogP contribution in [0.15, 0.2) is 5.29 Å². The van der Waals surface area contributed by atoms with E-state index in [0.717, 1.165) is 0 Å². The molecular weight excluding hydrogens is 152 g/mol. The van der Waals surface area contributed by atoms with Crippen molar-refractivity contribution >= 4 is 11.6 Å². The normalized spacial score (nSPS) is 14.5. The standard InChI is InChI=1S/C6H13ClN2O/c1-5(7)9(8-10)6(2,3)4/h5H,1-4H3. The summed E-state index contributed by atoms with van der Waals surface area (Å²) in [5, 5.41) is 4.12. The summed E-state index contributed by atoms with van der Waals surface area (Å²) in [5.41, 5.74) is -0.638. The van der Waals surface area contributed by atoms with Crippen LogP contribution in [0.1, 0.15) is 27.7 Å². The largest absolute Gasteiger partial charge is 0.238 e. The number of alkyl halides is 1. The van der Waals surface area contributed by atoms with Crippen molar-refractivity contribution in [2.45, 2.75) is 38.7 Å². The Balaban J connectivity index is 4.21. The number of rotatable bonds is 2. The highest BCUT2D eigenvalue weighted by atomic mass is 35.5. The molecule has 0 aromatic carbocycles. The predicted octanol–water partition coefficient (Wildman–Crippen LogP) is 2.35. The molecule has 1 unspecified atom stereocenters. The summed E-state index contributed by atoms with van der Waals surface area (Å²) in [6.07, 6.45) is 0. The minimum atomic E-state index is -0.350. The van der Waals surface area contributed by atoms with E-state index >= 15 is 0 Å². The summed E-state index contributed by atoms with van der Waals surface area (Å²) in [4.78, 5) is 10.2. The van der Waals surface area contributed by atoms with Crippen LogP contribution in [0.4, 0.5) is 0 Å². The summed E-state index contributed by atoms with van der Waals surface area (Å²) in [6.45, 7) is 7.36. The second-order valence-electron chi connectivity index (χ2n) is 3.17. The lowest BCUT2D eigenvalue weighted by Crippen LogP contribution is -2.40. The fourth-order valence-electron chi connectivity index (χ4n) is 0.721. The van der Waals surface area contributed by atoms with Gasteiger partial charge in [0.15, 0.2) is 0 Å². The highest BCUT2D eigenvalue weighted by molar-refractivity contribution is 6.20. The van der Waals surface area contributed by atoms with E-state index < -0.39 is 0 Å². The number of nitroso groups, excluding NO2 is 1. The minimum absolute atomic E-state index is 0.289. The van der Waals surface area contributed by atoms with E-state index in [9.17, 15) is 4.91 Å². The molecular formula is C6H13ClN2O. The van der Waals surface area contributed by atoms with Gasteiger partial charge in [-0.05, 0) is 27.7 Å². The SMILES string of the molecule is CC(Cl)N(N=O)C(C)(C)C. The van der Waals surface area contributed by atoms with Crippen LogP contribution < -0.4 is 0 Å². The van der Waals surface area contributed by atoms with Gasteiger partial charge in [-0.25, -0.2) is 5.01 Å². The maximum Gasteiger partial charge on any atom is 0.121 e. The van der Waals surface area contributed by atoms with Gasteiger partial charge in [0.05, 0.1) is 10.8 Å². The van der Waals surface area contributed by atoms with E-state index in [1.807, 2.05) is 20.8 Å². The molecule has 0 aliphatic rings. The van der Waals surface area contributed by atoms with Gasteiger partial charge in [-0.1, -0.05) is 11.6 Å². The lowest BCUT2D eigenvalue weighted by molar-refractivity contribution is 0.130. The third-order valence-electron chi connectivity index (χ3n) is 1.11. The molecule has 0 aromatic heterocycles. The average molecular weight is 165 g/mol. The Morgan fingerprint density at radius 1 is 1.50 bits per heavy atom. The van der Waals surface area contributed by atoms with Crippen molar-refractivity contribution in [2.24, 2.45) is 5.29 Å². The van der Waals surface area contributed by atoms with Crippen molar-refractivity contribution in [1.29, 1.82) is 0 Å². The lowest BCUT2D eigenvalue weighted by atomic mass is 10.1. The molecule has 0 rings (SSSR count). The van der Waals surface area contributed by atoms with Gasteiger partial charge in [0.25, 0.3) is 0 Å². The Kier molecular flexibility index (Phi) is 3.09. The van der Waals surface area contributed by atoms with Crippen molar-refractivity contribution in [3.63, 3.8) is 0 Å². The molecule has 1 atom stereocenters. The van der Waals surface area contributed by atoms with E-state index in [1.54, 1.807) is 6.92 Å². The van der Waals surface area contributed by atoms with Crippen molar-refractivity contribution in [3.8, 4) is 0 Å². The molecule has 0 amide bonds. The van der Waals surface area contributed by atoms with Crippen molar-refractivity contribution in [2.75, 3.05) is 0 Å². The first-order chi connectivity index (χ1) is 4.39. The van der Waals surface area contributed by atoms with Gasteiger partial charge >= 0.3 is 0 Å². The summed E-state index contributed by atoms with van der Waals surface area (Å²) >= 11 is 5.66. The maximum atomic E-state index is 10.2. The number of hydrogen-bond donors (Lipinski definition) is 0. The summed E-state index contributed by atoms with van der Waals surface area (Å²) in [5.74, 6) is 0. The quantitative estimate of drug-likeness (QED) is 0.272. The predicted molar refractivity (Wildman–Crippen MR) is 42.7 cm³/mol. The van der Waals surface area contributed by atoms with E-state index in [2.05, 4.69) is 5.29 Å². The molecule has 0 saturated heterocycles. The Morgan fingerprint density at radius 2 is 1.90 bits per heavy atom. The summed E-state index contributed by atoms with van der Waals surface area (Å²) in [7, 11) is 0. The van der Waals surface area contributed by atoms with Crippen molar-refractivity contribution < 1.29 is 0 Å². The van der Waals surface area contributed by atoms with E-state index in [0.29, 0.717) is 0 Å². The molecule has 0 N–H and O–H groups in total. The Morgan fingerprint density at radius 3 is 1.90 bits per heavy atom. The zero-order valence-electron chi connectivity index (χ0n) is 6.76. The van der Waals surface area contributed by atoms with Crippen LogP contribution in [0.2, 0.25) is 0 Å². The second kappa shape index (κ2) is 3.19. The van der Waals surface area contributed by atoms with Gasteiger partial charge in [-0.2, -0.15) is 0 Å². The molecule has 0 saturated carbocycles. The van der Waals surface area contributed by atoms with Crippen molar-refractivity contribution in [3.05, 3.63) is 4.91 Å². The summed E-state index contributed by atoms with van der Waals surface area (Å²) in [6, 6.07) is 0. The zero-order valence-corrected chi connectivity index (χ0v) is 7.51. The van der Waals surface area contributed by atoms with Crippen LogP contribution >= 0.6 is 11.6 Å². The molecule has 3 nitrogen and oxygen atoms in total. The molecule has 0 heterocycles. The molecule has 0 aliphatic heterocycles. The first-order valence-electron chi connectivity index (χ1n) is 3.16. The highest BCUT2D eigenvalue weighted by Crippen LogP contribution is 2.18. The number of hydrogen-bond acceptors (Lipinski definition) is 2. The molecule has 0 bridgehead atoms. The third kappa shape index (κ3) is 2.52. The first kappa shape index (κ1) is 9.69. The zero-order chi connectivity index (χ0) is 8.36. The average Bonchev–Trinajstić information content (AvgIpc) is 1.60. The van der Waals surface area contributed by atoms with Crippen LogP contribution in [0, 0.1) is 4.91 Å². The summed E-state index contributed by atoms with van der Waals surface area (Å²) < 4.78 is 0. The van der Waals surface area contributed by atoms with Gasteiger partial charge in [-0.3, -0.25) is 0 Å². The van der Waals surface area contributed by atoms with Gasteiger partial charge in [-0.15, -0.1) is 4.91 Å². The molecule has 10 heavy (non-hydrogen) atoms. The minimum Gasteiger partial charge on any atom is -0.238 e. The smallest absolute Gasteiger partial charge is 0.121 e. The lowest BCUT2D eigenvalue weighted by Gasteiger charge is -2.31. The Bertz CT molecular complexity index is 119. The molecule has 60 valence electrons. The van der Waals surface area contributed by atoms with Crippen LogP contribution in [-0.4, -0.2) is 16.0 Å². The maximum absolute atomic E-state index is 10.2. The Hall–Kier alpha value is -0.310. The van der Waals surface area contributed by atoms with Crippen molar-refractivity contribution in [1.82, 2.24) is 5.01 Å². The van der Waals surface area contributed by atoms with Gasteiger partial charge < -0.3 is 0 Å². The van der Waals surface area contributed by atoms with Crippen LogP contribution in [0.3, 0.4) is 0 Å².